The molecule has 96 valence electrons. The number of rotatable bonds is 8. The second kappa shape index (κ2) is 7.89. The molecule has 0 aliphatic heterocycles. The van der Waals surface area contributed by atoms with Crippen molar-refractivity contribution in [3.63, 3.8) is 0 Å². The van der Waals surface area contributed by atoms with Crippen LogP contribution in [0, 0.1) is 0 Å². The van der Waals surface area contributed by atoms with Crippen LogP contribution in [0.3, 0.4) is 0 Å². The van der Waals surface area contributed by atoms with Gasteiger partial charge in [0, 0.05) is 38.9 Å². The maximum Gasteiger partial charge on any atom is 0.126 e. The Morgan fingerprint density at radius 2 is 2.00 bits per heavy atom. The molecule has 0 aliphatic carbocycles. The Morgan fingerprint density at radius 1 is 1.18 bits per heavy atom. The van der Waals surface area contributed by atoms with Crippen LogP contribution < -0.4 is 10.2 Å². The molecule has 0 fully saturated rings. The number of hydrogen-bond donors (Lipinski definition) is 2. The second-order valence-electron chi connectivity index (χ2n) is 3.56. The van der Waals surface area contributed by atoms with Crippen molar-refractivity contribution in [2.45, 2.75) is 13.0 Å². The number of hydrogen-bond acceptors (Lipinski definition) is 5. The summed E-state index contributed by atoms with van der Waals surface area (Å²) in [6, 6.07) is 5.35. The second-order valence-corrected chi connectivity index (χ2v) is 3.56. The monoisotopic (exact) mass is 241 g/mol. The van der Waals surface area contributed by atoms with Crippen LogP contribution in [0.4, 0.5) is 5.69 Å². The zero-order valence-electron chi connectivity index (χ0n) is 10.2. The first-order valence-corrected chi connectivity index (χ1v) is 5.45. The van der Waals surface area contributed by atoms with Gasteiger partial charge >= 0.3 is 0 Å². The molecule has 0 aliphatic rings. The minimum Gasteiger partial charge on any atom is -0.493 e. The molecule has 1 aromatic carbocycles. The zero-order chi connectivity index (χ0) is 12.5. The van der Waals surface area contributed by atoms with Gasteiger partial charge in [-0.1, -0.05) is 6.07 Å². The molecule has 5 nitrogen and oxygen atoms in total. The number of anilines is 1. The van der Waals surface area contributed by atoms with Crippen LogP contribution in [0.2, 0.25) is 0 Å². The van der Waals surface area contributed by atoms with E-state index in [4.69, 9.17) is 19.4 Å². The zero-order valence-corrected chi connectivity index (χ0v) is 10.2. The summed E-state index contributed by atoms with van der Waals surface area (Å²) in [6.45, 7) is 1.71. The minimum absolute atomic E-state index is 0.477. The molecule has 1 aromatic rings. The highest BCUT2D eigenvalue weighted by atomic mass is 16.5. The molecular formula is C12H19NO4. The van der Waals surface area contributed by atoms with Gasteiger partial charge in [0.15, 0.2) is 0 Å². The lowest BCUT2D eigenvalue weighted by molar-refractivity contribution is 0.165. The lowest BCUT2D eigenvalue weighted by Gasteiger charge is -2.12. The van der Waals surface area contributed by atoms with E-state index in [1.54, 1.807) is 26.4 Å². The fourth-order valence-corrected chi connectivity index (χ4v) is 1.42. The summed E-state index contributed by atoms with van der Waals surface area (Å²) in [5, 5.41) is 8.84. The lowest BCUT2D eigenvalue weighted by atomic mass is 10.2. The van der Waals surface area contributed by atoms with Crippen molar-refractivity contribution in [2.75, 3.05) is 32.9 Å². The van der Waals surface area contributed by atoms with Gasteiger partial charge in [-0.15, -0.1) is 0 Å². The fraction of sp³-hybridized carbons (Fsp3) is 0.500. The molecule has 0 atom stereocenters. The van der Waals surface area contributed by atoms with Crippen molar-refractivity contribution < 1.29 is 19.4 Å². The first-order valence-electron chi connectivity index (χ1n) is 5.45. The Kier molecular flexibility index (Phi) is 6.39. The summed E-state index contributed by atoms with van der Waals surface area (Å²) < 4.78 is 15.7. The quantitative estimate of drug-likeness (QED) is 0.539. The van der Waals surface area contributed by atoms with Gasteiger partial charge in [0.25, 0.3) is 0 Å². The Morgan fingerprint density at radius 3 is 2.65 bits per heavy atom. The predicted molar refractivity (Wildman–Crippen MR) is 64.6 cm³/mol. The van der Waals surface area contributed by atoms with E-state index < -0.39 is 0 Å². The highest BCUT2D eigenvalue weighted by Crippen LogP contribution is 2.24. The van der Waals surface area contributed by atoms with Gasteiger partial charge in [-0.2, -0.15) is 0 Å². The van der Waals surface area contributed by atoms with Crippen LogP contribution >= 0.6 is 0 Å². The Balaban J connectivity index is 2.64. The third-order valence-corrected chi connectivity index (χ3v) is 2.25. The van der Waals surface area contributed by atoms with E-state index in [-0.39, 0.29) is 0 Å². The predicted octanol–water partition coefficient (Wildman–Crippen LogP) is 2.05. The van der Waals surface area contributed by atoms with Gasteiger partial charge in [-0.05, 0) is 6.07 Å². The van der Waals surface area contributed by atoms with E-state index in [1.165, 1.54) is 0 Å². The van der Waals surface area contributed by atoms with E-state index >= 15 is 0 Å². The molecule has 0 spiro atoms. The molecule has 17 heavy (non-hydrogen) atoms. The van der Waals surface area contributed by atoms with E-state index in [9.17, 15) is 0 Å². The van der Waals surface area contributed by atoms with Crippen molar-refractivity contribution in [1.29, 1.82) is 0 Å². The van der Waals surface area contributed by atoms with Crippen molar-refractivity contribution in [3.05, 3.63) is 23.8 Å². The molecule has 2 N–H and O–H groups in total. The van der Waals surface area contributed by atoms with Crippen molar-refractivity contribution in [3.8, 4) is 5.75 Å². The summed E-state index contributed by atoms with van der Waals surface area (Å²) in [5.41, 5.74) is 3.63. The number of methoxy groups -OCH3 is 2. The van der Waals surface area contributed by atoms with Gasteiger partial charge < -0.3 is 14.2 Å². The Labute approximate surface area is 101 Å². The molecule has 5 heteroatoms. The minimum atomic E-state index is 0.477. The standard InChI is InChI=1S/C12H19NO4/c1-15-6-3-7-17-12-8-11(13-14)5-4-10(12)9-16-2/h4-5,8,13-14H,3,6-7,9H2,1-2H3. The van der Waals surface area contributed by atoms with Gasteiger partial charge in [0.1, 0.15) is 5.75 Å². The van der Waals surface area contributed by atoms with Crippen LogP contribution in [0.15, 0.2) is 18.2 Å². The molecule has 0 bridgehead atoms. The van der Waals surface area contributed by atoms with Gasteiger partial charge in [-0.25, -0.2) is 0 Å². The molecule has 0 unspecified atom stereocenters. The first-order chi connectivity index (χ1) is 8.31. The van der Waals surface area contributed by atoms with E-state index in [1.807, 2.05) is 6.07 Å². The maximum atomic E-state index is 8.84. The first kappa shape index (κ1) is 13.8. The summed E-state index contributed by atoms with van der Waals surface area (Å²) in [7, 11) is 3.29. The fourth-order valence-electron chi connectivity index (χ4n) is 1.42. The third kappa shape index (κ3) is 4.60. The highest BCUT2D eigenvalue weighted by Gasteiger charge is 2.05. The molecule has 0 aromatic heterocycles. The summed E-state index contributed by atoms with van der Waals surface area (Å²) >= 11 is 0. The number of ether oxygens (including phenoxy) is 3. The summed E-state index contributed by atoms with van der Waals surface area (Å²) in [5.74, 6) is 0.710. The van der Waals surface area contributed by atoms with Crippen LogP contribution in [-0.2, 0) is 16.1 Å². The topological polar surface area (TPSA) is 60.0 Å². The molecule has 0 radical (unpaired) electrons. The smallest absolute Gasteiger partial charge is 0.126 e. The molecule has 0 heterocycles. The van der Waals surface area contributed by atoms with E-state index in [2.05, 4.69) is 5.48 Å². The largest absolute Gasteiger partial charge is 0.493 e. The summed E-state index contributed by atoms with van der Waals surface area (Å²) in [4.78, 5) is 0. The van der Waals surface area contributed by atoms with Crippen LogP contribution in [-0.4, -0.2) is 32.6 Å². The normalized spacial score (nSPS) is 10.3. The van der Waals surface area contributed by atoms with Crippen LogP contribution in [0.5, 0.6) is 5.75 Å². The van der Waals surface area contributed by atoms with E-state index in [0.717, 1.165) is 12.0 Å². The van der Waals surface area contributed by atoms with E-state index in [0.29, 0.717) is 31.3 Å². The van der Waals surface area contributed by atoms with Gasteiger partial charge in [0.2, 0.25) is 0 Å². The third-order valence-electron chi connectivity index (χ3n) is 2.25. The number of nitrogens with one attached hydrogen (secondary N) is 1. The van der Waals surface area contributed by atoms with Crippen LogP contribution in [0.25, 0.3) is 0 Å². The highest BCUT2D eigenvalue weighted by molar-refractivity contribution is 5.50. The van der Waals surface area contributed by atoms with Crippen molar-refractivity contribution in [2.24, 2.45) is 0 Å². The Hall–Kier alpha value is -1.30. The lowest BCUT2D eigenvalue weighted by Crippen LogP contribution is -2.04. The Bertz CT molecular complexity index is 330. The van der Waals surface area contributed by atoms with Crippen LogP contribution in [0.1, 0.15) is 12.0 Å². The molecule has 0 saturated heterocycles. The molecule has 1 rings (SSSR count). The summed E-state index contributed by atoms with van der Waals surface area (Å²) in [6.07, 6.45) is 0.819. The van der Waals surface area contributed by atoms with Gasteiger partial charge in [0.05, 0.1) is 18.9 Å². The van der Waals surface area contributed by atoms with Crippen molar-refractivity contribution >= 4 is 5.69 Å². The number of benzene rings is 1. The maximum absolute atomic E-state index is 8.84. The molecule has 0 saturated carbocycles. The average Bonchev–Trinajstić information content (AvgIpc) is 2.36. The molecule has 0 amide bonds. The SMILES string of the molecule is COCCCOc1cc(NO)ccc1COC. The average molecular weight is 241 g/mol. The molecular weight excluding hydrogens is 222 g/mol. The van der Waals surface area contributed by atoms with Crippen molar-refractivity contribution in [1.82, 2.24) is 0 Å². The van der Waals surface area contributed by atoms with Gasteiger partial charge in [-0.3, -0.25) is 10.7 Å².